The van der Waals surface area contributed by atoms with Crippen LogP contribution in [0.4, 0.5) is 20.4 Å². The minimum atomic E-state index is -0.639. The minimum absolute atomic E-state index is 0.390. The molecule has 5 nitrogen and oxygen atoms in total. The van der Waals surface area contributed by atoms with E-state index in [-0.39, 0.29) is 0 Å². The summed E-state index contributed by atoms with van der Waals surface area (Å²) in [6.07, 6.45) is 2.54. The van der Waals surface area contributed by atoms with E-state index in [1.807, 2.05) is 19.1 Å². The van der Waals surface area contributed by atoms with Crippen molar-refractivity contribution in [2.24, 2.45) is 0 Å². The van der Waals surface area contributed by atoms with E-state index in [1.54, 1.807) is 28.9 Å². The van der Waals surface area contributed by atoms with Crippen molar-refractivity contribution in [2.75, 3.05) is 5.32 Å². The number of hydrogen-bond acceptors (Lipinski definition) is 4. The lowest BCUT2D eigenvalue weighted by Gasteiger charge is -2.05. The third-order valence-electron chi connectivity index (χ3n) is 3.95. The van der Waals surface area contributed by atoms with Gasteiger partial charge in [-0.05, 0) is 42.8 Å². The van der Waals surface area contributed by atoms with Crippen LogP contribution in [0.5, 0.6) is 0 Å². The fourth-order valence-corrected chi connectivity index (χ4v) is 2.76. The van der Waals surface area contributed by atoms with E-state index < -0.39 is 11.6 Å². The number of aromatic nitrogens is 4. The largest absolute Gasteiger partial charge is 0.323 e. The van der Waals surface area contributed by atoms with Gasteiger partial charge in [0.2, 0.25) is 5.95 Å². The first-order valence-electron chi connectivity index (χ1n) is 8.16. The van der Waals surface area contributed by atoms with Crippen LogP contribution in [0.1, 0.15) is 12.6 Å². The molecule has 7 heteroatoms. The van der Waals surface area contributed by atoms with Crippen LogP contribution in [0, 0.1) is 11.6 Å². The highest BCUT2D eigenvalue weighted by atomic mass is 19.1. The molecule has 0 aliphatic rings. The minimum Gasteiger partial charge on any atom is -0.323 e. The molecule has 0 spiro atoms. The third-order valence-corrected chi connectivity index (χ3v) is 3.95. The molecular weight excluding hydrogens is 336 g/mol. The Labute approximate surface area is 148 Å². The topological polar surface area (TPSA) is 55.1 Å². The van der Waals surface area contributed by atoms with Crippen molar-refractivity contribution in [2.45, 2.75) is 13.3 Å². The predicted octanol–water partition coefficient (Wildman–Crippen LogP) is 4.38. The maximum Gasteiger partial charge on any atom is 0.247 e. The van der Waals surface area contributed by atoms with Gasteiger partial charge in [0.15, 0.2) is 5.65 Å². The van der Waals surface area contributed by atoms with Crippen LogP contribution in [-0.2, 0) is 6.42 Å². The second kappa shape index (κ2) is 6.51. The molecule has 0 bridgehead atoms. The van der Waals surface area contributed by atoms with Gasteiger partial charge in [-0.1, -0.05) is 13.0 Å². The molecule has 0 aliphatic heterocycles. The van der Waals surface area contributed by atoms with E-state index in [9.17, 15) is 8.78 Å². The van der Waals surface area contributed by atoms with Gasteiger partial charge in [0.1, 0.15) is 11.6 Å². The lowest BCUT2D eigenvalue weighted by molar-refractivity contribution is 0.584. The van der Waals surface area contributed by atoms with Crippen molar-refractivity contribution in [3.63, 3.8) is 0 Å². The van der Waals surface area contributed by atoms with Crippen molar-refractivity contribution < 1.29 is 8.78 Å². The van der Waals surface area contributed by atoms with Gasteiger partial charge in [-0.2, -0.15) is 4.98 Å². The Morgan fingerprint density at radius 2 is 1.85 bits per heavy atom. The summed E-state index contributed by atoms with van der Waals surface area (Å²) in [5.74, 6) is -0.888. The van der Waals surface area contributed by atoms with Gasteiger partial charge < -0.3 is 5.32 Å². The van der Waals surface area contributed by atoms with Gasteiger partial charge in [0.05, 0.1) is 5.69 Å². The van der Waals surface area contributed by atoms with E-state index in [0.717, 1.165) is 23.9 Å². The number of pyridine rings is 2. The summed E-state index contributed by atoms with van der Waals surface area (Å²) in [5.41, 5.74) is 3.28. The quantitative estimate of drug-likeness (QED) is 0.593. The number of anilines is 2. The summed E-state index contributed by atoms with van der Waals surface area (Å²) >= 11 is 0. The number of nitrogens with one attached hydrogen (secondary N) is 1. The monoisotopic (exact) mass is 351 g/mol. The molecule has 0 atom stereocenters. The van der Waals surface area contributed by atoms with Gasteiger partial charge in [-0.15, -0.1) is 5.10 Å². The van der Waals surface area contributed by atoms with E-state index in [0.29, 0.717) is 22.9 Å². The Hall–Kier alpha value is -3.35. The first-order chi connectivity index (χ1) is 12.6. The number of rotatable bonds is 4. The number of benzene rings is 1. The SMILES string of the molecule is CCc1cc(Nc2nc3cccc(-c4cc(F)cc(F)c4)n3n2)ccn1. The van der Waals surface area contributed by atoms with Gasteiger partial charge in [0.25, 0.3) is 0 Å². The van der Waals surface area contributed by atoms with Crippen molar-refractivity contribution in [1.29, 1.82) is 0 Å². The predicted molar refractivity (Wildman–Crippen MR) is 95.2 cm³/mol. The maximum absolute atomic E-state index is 13.6. The molecule has 4 rings (SSSR count). The fraction of sp³-hybridized carbons (Fsp3) is 0.105. The summed E-state index contributed by atoms with van der Waals surface area (Å²) in [7, 11) is 0. The first kappa shape index (κ1) is 16.1. The Morgan fingerprint density at radius 3 is 2.62 bits per heavy atom. The highest BCUT2D eigenvalue weighted by Gasteiger charge is 2.11. The Bertz CT molecular complexity index is 1070. The van der Waals surface area contributed by atoms with Crippen LogP contribution in [-0.4, -0.2) is 19.6 Å². The molecule has 4 aromatic rings. The average Bonchev–Trinajstić information content (AvgIpc) is 3.03. The molecule has 0 aliphatic carbocycles. The van der Waals surface area contributed by atoms with Crippen molar-refractivity contribution in [1.82, 2.24) is 19.6 Å². The summed E-state index contributed by atoms with van der Waals surface area (Å²) in [4.78, 5) is 8.68. The molecular formula is C19H15F2N5. The normalized spacial score (nSPS) is 11.0. The number of hydrogen-bond donors (Lipinski definition) is 1. The van der Waals surface area contributed by atoms with Crippen LogP contribution in [0.15, 0.2) is 54.7 Å². The highest BCUT2D eigenvalue weighted by Crippen LogP contribution is 2.23. The standard InChI is InChI=1S/C19H15F2N5/c1-2-15-11-16(6-7-22-15)23-19-24-18-5-3-4-17(26(18)25-19)12-8-13(20)10-14(21)9-12/h3-11H,2H2,1H3,(H,22,23,25). The van der Waals surface area contributed by atoms with Crippen molar-refractivity contribution in [3.05, 3.63) is 72.1 Å². The Kier molecular flexibility index (Phi) is 4.04. The van der Waals surface area contributed by atoms with E-state index in [2.05, 4.69) is 20.4 Å². The summed E-state index contributed by atoms with van der Waals surface area (Å²) in [6, 6.07) is 12.4. The number of nitrogens with zero attached hydrogens (tertiary/aromatic N) is 4. The molecule has 26 heavy (non-hydrogen) atoms. The number of aryl methyl sites for hydroxylation is 1. The van der Waals surface area contributed by atoms with Crippen LogP contribution in [0.25, 0.3) is 16.9 Å². The summed E-state index contributed by atoms with van der Waals surface area (Å²) < 4.78 is 28.7. The van der Waals surface area contributed by atoms with E-state index >= 15 is 0 Å². The van der Waals surface area contributed by atoms with Crippen LogP contribution >= 0.6 is 0 Å². The second-order valence-electron chi connectivity index (χ2n) is 5.79. The molecule has 1 aromatic carbocycles. The zero-order valence-corrected chi connectivity index (χ0v) is 13.9. The summed E-state index contributed by atoms with van der Waals surface area (Å²) in [5, 5.41) is 7.57. The van der Waals surface area contributed by atoms with Crippen molar-refractivity contribution >= 4 is 17.3 Å². The van der Waals surface area contributed by atoms with Crippen molar-refractivity contribution in [3.8, 4) is 11.3 Å². The van der Waals surface area contributed by atoms with E-state index in [1.165, 1.54) is 12.1 Å². The smallest absolute Gasteiger partial charge is 0.247 e. The molecule has 0 amide bonds. The molecule has 1 N–H and O–H groups in total. The van der Waals surface area contributed by atoms with Crippen LogP contribution < -0.4 is 5.32 Å². The molecule has 130 valence electrons. The fourth-order valence-electron chi connectivity index (χ4n) is 2.76. The maximum atomic E-state index is 13.6. The lowest BCUT2D eigenvalue weighted by Crippen LogP contribution is -1.97. The Morgan fingerprint density at radius 1 is 1.04 bits per heavy atom. The molecule has 0 saturated heterocycles. The molecule has 0 saturated carbocycles. The zero-order chi connectivity index (χ0) is 18.1. The van der Waals surface area contributed by atoms with Gasteiger partial charge in [-0.25, -0.2) is 13.3 Å². The molecule has 3 aromatic heterocycles. The molecule has 0 fully saturated rings. The number of halogens is 2. The molecule has 3 heterocycles. The third kappa shape index (κ3) is 3.11. The van der Waals surface area contributed by atoms with Gasteiger partial charge in [0, 0.05) is 29.2 Å². The van der Waals surface area contributed by atoms with Gasteiger partial charge >= 0.3 is 0 Å². The average molecular weight is 351 g/mol. The summed E-state index contributed by atoms with van der Waals surface area (Å²) in [6.45, 7) is 2.03. The van der Waals surface area contributed by atoms with E-state index in [4.69, 9.17) is 0 Å². The second-order valence-corrected chi connectivity index (χ2v) is 5.79. The van der Waals surface area contributed by atoms with Gasteiger partial charge in [-0.3, -0.25) is 4.98 Å². The van der Waals surface area contributed by atoms with Crippen LogP contribution in [0.3, 0.4) is 0 Å². The number of fused-ring (bicyclic) bond motifs is 1. The first-order valence-corrected chi connectivity index (χ1v) is 8.16. The lowest BCUT2D eigenvalue weighted by atomic mass is 10.1. The Balaban J connectivity index is 1.75. The molecule has 0 radical (unpaired) electrons. The molecule has 0 unspecified atom stereocenters. The zero-order valence-electron chi connectivity index (χ0n) is 13.9. The highest BCUT2D eigenvalue weighted by molar-refractivity contribution is 5.65. The van der Waals surface area contributed by atoms with Crippen LogP contribution in [0.2, 0.25) is 0 Å².